The van der Waals surface area contributed by atoms with Gasteiger partial charge in [0.25, 0.3) is 0 Å². The number of epoxide rings is 1. The molecule has 1 N–H and O–H groups in total. The molecule has 1 heterocycles. The lowest BCUT2D eigenvalue weighted by Gasteiger charge is -2.24. The molecule has 3 unspecified atom stereocenters. The van der Waals surface area contributed by atoms with E-state index < -0.39 is 29.4 Å². The first kappa shape index (κ1) is 21.2. The summed E-state index contributed by atoms with van der Waals surface area (Å²) in [5.74, 6) is -0.360. The van der Waals surface area contributed by atoms with E-state index in [1.165, 1.54) is 0 Å². The second kappa shape index (κ2) is 8.74. The van der Waals surface area contributed by atoms with Crippen LogP contribution in [0.4, 0.5) is 4.79 Å². The summed E-state index contributed by atoms with van der Waals surface area (Å²) in [5, 5.41) is 2.90. The molecule has 1 aromatic rings. The number of hydrogen-bond donors (Lipinski definition) is 1. The maximum Gasteiger partial charge on any atom is 0.407 e. The fourth-order valence-corrected chi connectivity index (χ4v) is 3.25. The average Bonchev–Trinajstić information content (AvgIpc) is 3.30. The van der Waals surface area contributed by atoms with Gasteiger partial charge in [-0.2, -0.15) is 0 Å². The van der Waals surface area contributed by atoms with Crippen LogP contribution >= 0.6 is 0 Å². The summed E-state index contributed by atoms with van der Waals surface area (Å²) >= 11 is 0. The quantitative estimate of drug-likeness (QED) is 0.553. The van der Waals surface area contributed by atoms with Gasteiger partial charge in [-0.05, 0) is 46.1 Å². The van der Waals surface area contributed by atoms with Crippen LogP contribution < -0.4 is 5.32 Å². The van der Waals surface area contributed by atoms with Crippen molar-refractivity contribution in [2.24, 2.45) is 0 Å². The zero-order valence-corrected chi connectivity index (χ0v) is 16.9. The number of benzene rings is 1. The zero-order valence-electron chi connectivity index (χ0n) is 16.9. The molecule has 27 heavy (non-hydrogen) atoms. The van der Waals surface area contributed by atoms with E-state index in [4.69, 9.17) is 14.2 Å². The zero-order chi connectivity index (χ0) is 20.1. The molecule has 1 amide bonds. The predicted molar refractivity (Wildman–Crippen MR) is 102 cm³/mol. The van der Waals surface area contributed by atoms with Gasteiger partial charge in [0.15, 0.2) is 5.60 Å². The number of ether oxygens (including phenoxy) is 3. The lowest BCUT2D eigenvalue weighted by atomic mass is 9.92. The third kappa shape index (κ3) is 5.70. The first-order valence-corrected chi connectivity index (χ1v) is 9.60. The number of rotatable bonds is 8. The molecule has 0 bridgehead atoms. The number of amides is 1. The fraction of sp³-hybridized carbons (Fsp3) is 0.619. The highest BCUT2D eigenvalue weighted by atomic mass is 16.7. The van der Waals surface area contributed by atoms with Crippen molar-refractivity contribution in [2.45, 2.75) is 77.2 Å². The van der Waals surface area contributed by atoms with Crippen LogP contribution in [0.5, 0.6) is 0 Å². The lowest BCUT2D eigenvalue weighted by Crippen LogP contribution is -2.46. The summed E-state index contributed by atoms with van der Waals surface area (Å²) in [6.07, 6.45) is 0.908. The Labute approximate surface area is 161 Å². The summed E-state index contributed by atoms with van der Waals surface area (Å²) in [5.41, 5.74) is -0.546. The van der Waals surface area contributed by atoms with Crippen LogP contribution in [0.25, 0.3) is 0 Å². The Morgan fingerprint density at radius 2 is 1.89 bits per heavy atom. The van der Waals surface area contributed by atoms with E-state index in [0.717, 1.165) is 12.0 Å². The maximum absolute atomic E-state index is 12.5. The SMILES string of the molecule is CCCC1(C(=O)OCC)OC1C(Cc1ccccc1)NC(=O)OC(C)(C)C. The van der Waals surface area contributed by atoms with Crippen LogP contribution in [0.2, 0.25) is 0 Å². The van der Waals surface area contributed by atoms with E-state index in [1.807, 2.05) is 58.0 Å². The van der Waals surface area contributed by atoms with Gasteiger partial charge in [-0.1, -0.05) is 43.7 Å². The highest BCUT2D eigenvalue weighted by Crippen LogP contribution is 2.44. The van der Waals surface area contributed by atoms with Crippen molar-refractivity contribution in [3.05, 3.63) is 35.9 Å². The van der Waals surface area contributed by atoms with Crippen LogP contribution in [0, 0.1) is 0 Å². The van der Waals surface area contributed by atoms with E-state index in [9.17, 15) is 9.59 Å². The number of alkyl carbamates (subject to hydrolysis) is 1. The van der Waals surface area contributed by atoms with Crippen molar-refractivity contribution in [3.8, 4) is 0 Å². The molecule has 1 aromatic carbocycles. The minimum absolute atomic E-state index is 0.295. The molecule has 0 radical (unpaired) electrons. The molecule has 0 saturated carbocycles. The molecule has 2 rings (SSSR count). The van der Waals surface area contributed by atoms with E-state index in [2.05, 4.69) is 5.32 Å². The van der Waals surface area contributed by atoms with E-state index in [0.29, 0.717) is 19.4 Å². The minimum atomic E-state index is -0.987. The molecule has 0 aliphatic carbocycles. The van der Waals surface area contributed by atoms with Gasteiger partial charge in [-0.25, -0.2) is 9.59 Å². The third-order valence-electron chi connectivity index (χ3n) is 4.35. The van der Waals surface area contributed by atoms with Crippen LogP contribution in [0.3, 0.4) is 0 Å². The highest BCUT2D eigenvalue weighted by molar-refractivity contribution is 5.84. The summed E-state index contributed by atoms with van der Waals surface area (Å²) in [6, 6.07) is 9.40. The van der Waals surface area contributed by atoms with Crippen molar-refractivity contribution < 1.29 is 23.8 Å². The largest absolute Gasteiger partial charge is 0.464 e. The van der Waals surface area contributed by atoms with Crippen molar-refractivity contribution in [3.63, 3.8) is 0 Å². The van der Waals surface area contributed by atoms with Gasteiger partial charge >= 0.3 is 12.1 Å². The number of carbonyl (C=O) groups excluding carboxylic acids is 2. The number of hydrogen-bond acceptors (Lipinski definition) is 5. The first-order chi connectivity index (χ1) is 12.7. The first-order valence-electron chi connectivity index (χ1n) is 9.60. The second-order valence-electron chi connectivity index (χ2n) is 7.84. The van der Waals surface area contributed by atoms with Gasteiger partial charge in [-0.3, -0.25) is 0 Å². The van der Waals surface area contributed by atoms with Gasteiger partial charge in [-0.15, -0.1) is 0 Å². The van der Waals surface area contributed by atoms with Gasteiger partial charge < -0.3 is 19.5 Å². The van der Waals surface area contributed by atoms with E-state index in [1.54, 1.807) is 6.92 Å². The van der Waals surface area contributed by atoms with Crippen LogP contribution in [-0.2, 0) is 25.4 Å². The number of esters is 1. The lowest BCUT2D eigenvalue weighted by molar-refractivity contribution is -0.149. The normalized spacial score (nSPS) is 22.6. The van der Waals surface area contributed by atoms with Gasteiger partial charge in [0, 0.05) is 0 Å². The topological polar surface area (TPSA) is 77.2 Å². The summed E-state index contributed by atoms with van der Waals surface area (Å²) < 4.78 is 16.5. The molecule has 1 fully saturated rings. The third-order valence-corrected chi connectivity index (χ3v) is 4.35. The summed E-state index contributed by atoms with van der Waals surface area (Å²) in [4.78, 5) is 24.9. The molecule has 1 aliphatic rings. The fourth-order valence-electron chi connectivity index (χ4n) is 3.25. The summed E-state index contributed by atoms with van der Waals surface area (Å²) in [6.45, 7) is 9.50. The van der Waals surface area contributed by atoms with Gasteiger partial charge in [0.05, 0.1) is 12.6 Å². The van der Waals surface area contributed by atoms with Crippen molar-refractivity contribution in [1.82, 2.24) is 5.32 Å². The van der Waals surface area contributed by atoms with Crippen molar-refractivity contribution in [1.29, 1.82) is 0 Å². The number of carbonyl (C=O) groups is 2. The molecule has 1 saturated heterocycles. The van der Waals surface area contributed by atoms with Gasteiger partial charge in [0.1, 0.15) is 11.7 Å². The van der Waals surface area contributed by atoms with Crippen LogP contribution in [0.15, 0.2) is 30.3 Å². The summed E-state index contributed by atoms with van der Waals surface area (Å²) in [7, 11) is 0. The Bertz CT molecular complexity index is 640. The average molecular weight is 377 g/mol. The molecular weight excluding hydrogens is 346 g/mol. The Balaban J connectivity index is 2.18. The standard InChI is InChI=1S/C21H31NO5/c1-6-13-21(18(23)25-7-2)17(26-21)16(14-15-11-9-8-10-12-15)22-19(24)27-20(3,4)5/h8-12,16-17H,6-7,13-14H2,1-5H3,(H,22,24). The Morgan fingerprint density at radius 3 is 2.44 bits per heavy atom. The molecule has 6 heteroatoms. The molecule has 3 atom stereocenters. The highest BCUT2D eigenvalue weighted by Gasteiger charge is 2.66. The van der Waals surface area contributed by atoms with E-state index in [-0.39, 0.29) is 5.97 Å². The minimum Gasteiger partial charge on any atom is -0.464 e. The Morgan fingerprint density at radius 1 is 1.22 bits per heavy atom. The molecule has 6 nitrogen and oxygen atoms in total. The smallest absolute Gasteiger partial charge is 0.407 e. The molecule has 0 aromatic heterocycles. The number of nitrogens with one attached hydrogen (secondary N) is 1. The predicted octanol–water partition coefficient (Wildman–Crippen LogP) is 3.62. The Hall–Kier alpha value is -2.08. The molecule has 1 aliphatic heterocycles. The van der Waals surface area contributed by atoms with Crippen LogP contribution in [0.1, 0.15) is 53.0 Å². The molecule has 150 valence electrons. The second-order valence-corrected chi connectivity index (χ2v) is 7.84. The van der Waals surface area contributed by atoms with E-state index >= 15 is 0 Å². The Kier molecular flexibility index (Phi) is 6.87. The molecule has 0 spiro atoms. The monoisotopic (exact) mass is 377 g/mol. The van der Waals surface area contributed by atoms with Crippen LogP contribution in [-0.4, -0.2) is 42.0 Å². The van der Waals surface area contributed by atoms with Gasteiger partial charge in [0.2, 0.25) is 0 Å². The maximum atomic E-state index is 12.5. The van der Waals surface area contributed by atoms with Crippen molar-refractivity contribution >= 4 is 12.1 Å². The van der Waals surface area contributed by atoms with Crippen molar-refractivity contribution in [2.75, 3.05) is 6.61 Å². The molecular formula is C21H31NO5.